The van der Waals surface area contributed by atoms with Crippen LogP contribution in [0.2, 0.25) is 0 Å². The standard InChI is InChI=1S/C19H23N3O2/c1-15(12-16-4-3-7-20-14-16)21-19(23)17-5-2-6-18(13-17)22-8-10-24-11-9-22/h2-7,13-15H,8-12H2,1H3,(H,21,23)/t15-/m1/s1. The van der Waals surface area contributed by atoms with Crippen LogP contribution in [0.3, 0.4) is 0 Å². The number of rotatable bonds is 5. The van der Waals surface area contributed by atoms with E-state index < -0.39 is 0 Å². The lowest BCUT2D eigenvalue weighted by molar-refractivity contribution is 0.0940. The predicted molar refractivity (Wildman–Crippen MR) is 94.3 cm³/mol. The molecular weight excluding hydrogens is 302 g/mol. The van der Waals surface area contributed by atoms with Gasteiger partial charge in [0.25, 0.3) is 5.91 Å². The molecule has 3 rings (SSSR count). The number of hydrogen-bond acceptors (Lipinski definition) is 4. The van der Waals surface area contributed by atoms with Gasteiger partial charge >= 0.3 is 0 Å². The van der Waals surface area contributed by atoms with E-state index in [0.29, 0.717) is 5.56 Å². The minimum atomic E-state index is -0.0403. The number of carbonyl (C=O) groups is 1. The van der Waals surface area contributed by atoms with Crippen LogP contribution >= 0.6 is 0 Å². The average molecular weight is 325 g/mol. The summed E-state index contributed by atoms with van der Waals surface area (Å²) >= 11 is 0. The van der Waals surface area contributed by atoms with Gasteiger partial charge in [0, 0.05) is 42.8 Å². The fraction of sp³-hybridized carbons (Fsp3) is 0.368. The van der Waals surface area contributed by atoms with E-state index in [1.807, 2.05) is 49.5 Å². The summed E-state index contributed by atoms with van der Waals surface area (Å²) in [5.41, 5.74) is 2.88. The first kappa shape index (κ1) is 16.5. The van der Waals surface area contributed by atoms with Crippen molar-refractivity contribution in [3.63, 3.8) is 0 Å². The Kier molecular flexibility index (Phi) is 5.43. The monoisotopic (exact) mass is 325 g/mol. The number of benzene rings is 1. The van der Waals surface area contributed by atoms with Crippen molar-refractivity contribution in [2.24, 2.45) is 0 Å². The molecule has 1 amide bonds. The number of nitrogens with one attached hydrogen (secondary N) is 1. The van der Waals surface area contributed by atoms with Crippen LogP contribution < -0.4 is 10.2 Å². The predicted octanol–water partition coefficient (Wildman–Crippen LogP) is 2.28. The Balaban J connectivity index is 1.62. The van der Waals surface area contributed by atoms with Crippen LogP contribution in [0.5, 0.6) is 0 Å². The lowest BCUT2D eigenvalue weighted by Crippen LogP contribution is -2.37. The third-order valence-corrected chi connectivity index (χ3v) is 4.13. The van der Waals surface area contributed by atoms with E-state index in [2.05, 4.69) is 15.2 Å². The summed E-state index contributed by atoms with van der Waals surface area (Å²) in [5, 5.41) is 3.06. The summed E-state index contributed by atoms with van der Waals surface area (Å²) in [6.07, 6.45) is 4.36. The first-order valence-electron chi connectivity index (χ1n) is 8.35. The van der Waals surface area contributed by atoms with Gasteiger partial charge in [0.1, 0.15) is 0 Å². The van der Waals surface area contributed by atoms with Gasteiger partial charge in [0.2, 0.25) is 0 Å². The van der Waals surface area contributed by atoms with Gasteiger partial charge in [-0.15, -0.1) is 0 Å². The molecule has 1 aromatic heterocycles. The molecule has 1 saturated heterocycles. The molecule has 1 N–H and O–H groups in total. The van der Waals surface area contributed by atoms with Crippen LogP contribution in [-0.4, -0.2) is 43.2 Å². The molecule has 0 aliphatic carbocycles. The van der Waals surface area contributed by atoms with E-state index in [4.69, 9.17) is 4.74 Å². The van der Waals surface area contributed by atoms with Crippen molar-refractivity contribution in [1.29, 1.82) is 0 Å². The second-order valence-corrected chi connectivity index (χ2v) is 6.09. The van der Waals surface area contributed by atoms with Crippen LogP contribution in [0, 0.1) is 0 Å². The van der Waals surface area contributed by atoms with Crippen molar-refractivity contribution in [3.8, 4) is 0 Å². The number of nitrogens with zero attached hydrogens (tertiary/aromatic N) is 2. The van der Waals surface area contributed by atoms with E-state index in [0.717, 1.165) is 44.0 Å². The molecule has 5 nitrogen and oxygen atoms in total. The molecule has 0 spiro atoms. The van der Waals surface area contributed by atoms with Gasteiger partial charge in [0.05, 0.1) is 13.2 Å². The normalized spacial score (nSPS) is 15.8. The number of ether oxygens (including phenoxy) is 1. The number of pyridine rings is 1. The topological polar surface area (TPSA) is 54.5 Å². The zero-order chi connectivity index (χ0) is 16.8. The lowest BCUT2D eigenvalue weighted by atomic mass is 10.1. The molecule has 1 fully saturated rings. The Labute approximate surface area is 142 Å². The van der Waals surface area contributed by atoms with Crippen LogP contribution in [0.25, 0.3) is 0 Å². The highest BCUT2D eigenvalue weighted by Gasteiger charge is 2.14. The van der Waals surface area contributed by atoms with Crippen molar-refractivity contribution in [2.45, 2.75) is 19.4 Å². The quantitative estimate of drug-likeness (QED) is 0.916. The highest BCUT2D eigenvalue weighted by molar-refractivity contribution is 5.95. The fourth-order valence-corrected chi connectivity index (χ4v) is 2.90. The van der Waals surface area contributed by atoms with Crippen molar-refractivity contribution in [2.75, 3.05) is 31.2 Å². The number of aromatic nitrogens is 1. The fourth-order valence-electron chi connectivity index (χ4n) is 2.90. The van der Waals surface area contributed by atoms with Gasteiger partial charge in [-0.25, -0.2) is 0 Å². The number of amides is 1. The number of morpholine rings is 1. The van der Waals surface area contributed by atoms with E-state index in [1.54, 1.807) is 6.20 Å². The molecule has 126 valence electrons. The van der Waals surface area contributed by atoms with Gasteiger partial charge in [-0.05, 0) is 43.2 Å². The molecule has 0 radical (unpaired) electrons. The van der Waals surface area contributed by atoms with Crippen LogP contribution in [0.15, 0.2) is 48.8 Å². The maximum Gasteiger partial charge on any atom is 0.251 e. The van der Waals surface area contributed by atoms with Gasteiger partial charge in [0.15, 0.2) is 0 Å². The molecule has 2 aromatic rings. The average Bonchev–Trinajstić information content (AvgIpc) is 2.63. The minimum Gasteiger partial charge on any atom is -0.378 e. The molecule has 24 heavy (non-hydrogen) atoms. The first-order chi connectivity index (χ1) is 11.7. The molecule has 1 atom stereocenters. The molecule has 1 aliphatic heterocycles. The second-order valence-electron chi connectivity index (χ2n) is 6.09. The molecule has 0 saturated carbocycles. The zero-order valence-electron chi connectivity index (χ0n) is 13.9. The largest absolute Gasteiger partial charge is 0.378 e. The summed E-state index contributed by atoms with van der Waals surface area (Å²) in [5.74, 6) is -0.0403. The van der Waals surface area contributed by atoms with Crippen LogP contribution in [0.4, 0.5) is 5.69 Å². The molecular formula is C19H23N3O2. The summed E-state index contributed by atoms with van der Waals surface area (Å²) in [6.45, 7) is 5.21. The summed E-state index contributed by atoms with van der Waals surface area (Å²) < 4.78 is 5.38. The highest BCUT2D eigenvalue weighted by Crippen LogP contribution is 2.17. The summed E-state index contributed by atoms with van der Waals surface area (Å²) in [4.78, 5) is 18.9. The third-order valence-electron chi connectivity index (χ3n) is 4.13. The van der Waals surface area contributed by atoms with Crippen LogP contribution in [-0.2, 0) is 11.2 Å². The first-order valence-corrected chi connectivity index (χ1v) is 8.35. The minimum absolute atomic E-state index is 0.0403. The molecule has 2 heterocycles. The Morgan fingerprint density at radius 1 is 1.29 bits per heavy atom. The van der Waals surface area contributed by atoms with Crippen molar-refractivity contribution in [3.05, 3.63) is 59.9 Å². The summed E-state index contributed by atoms with van der Waals surface area (Å²) in [7, 11) is 0. The van der Waals surface area contributed by atoms with Crippen molar-refractivity contribution < 1.29 is 9.53 Å². The van der Waals surface area contributed by atoms with Gasteiger partial charge in [-0.1, -0.05) is 12.1 Å². The van der Waals surface area contributed by atoms with E-state index in [-0.39, 0.29) is 11.9 Å². The van der Waals surface area contributed by atoms with Gasteiger partial charge in [-0.3, -0.25) is 9.78 Å². The maximum absolute atomic E-state index is 12.5. The van der Waals surface area contributed by atoms with Gasteiger partial charge < -0.3 is 15.0 Å². The Hall–Kier alpha value is -2.40. The Morgan fingerprint density at radius 2 is 2.12 bits per heavy atom. The smallest absolute Gasteiger partial charge is 0.251 e. The molecule has 0 bridgehead atoms. The van der Waals surface area contributed by atoms with E-state index in [9.17, 15) is 4.79 Å². The summed E-state index contributed by atoms with van der Waals surface area (Å²) in [6, 6.07) is 11.8. The number of hydrogen-bond donors (Lipinski definition) is 1. The second kappa shape index (κ2) is 7.93. The number of carbonyl (C=O) groups excluding carboxylic acids is 1. The van der Waals surface area contributed by atoms with Gasteiger partial charge in [-0.2, -0.15) is 0 Å². The van der Waals surface area contributed by atoms with E-state index in [1.165, 1.54) is 0 Å². The molecule has 1 aromatic carbocycles. The van der Waals surface area contributed by atoms with Crippen LogP contribution in [0.1, 0.15) is 22.8 Å². The third kappa shape index (κ3) is 4.32. The molecule has 1 aliphatic rings. The maximum atomic E-state index is 12.5. The van der Waals surface area contributed by atoms with E-state index >= 15 is 0 Å². The number of anilines is 1. The lowest BCUT2D eigenvalue weighted by Gasteiger charge is -2.29. The highest BCUT2D eigenvalue weighted by atomic mass is 16.5. The van der Waals surface area contributed by atoms with Crippen molar-refractivity contribution in [1.82, 2.24) is 10.3 Å². The van der Waals surface area contributed by atoms with Crippen molar-refractivity contribution >= 4 is 11.6 Å². The Bertz CT molecular complexity index is 669. The molecule has 0 unspecified atom stereocenters. The zero-order valence-corrected chi connectivity index (χ0v) is 13.9. The Morgan fingerprint density at radius 3 is 2.88 bits per heavy atom. The SMILES string of the molecule is C[C@H](Cc1cccnc1)NC(=O)c1cccc(N2CCOCC2)c1. The molecule has 5 heteroatoms.